The summed E-state index contributed by atoms with van der Waals surface area (Å²) >= 11 is 0. The van der Waals surface area contributed by atoms with Crippen molar-refractivity contribution in [1.29, 1.82) is 0 Å². The van der Waals surface area contributed by atoms with Gasteiger partial charge in [0.15, 0.2) is 0 Å². The van der Waals surface area contributed by atoms with Crippen LogP contribution in [0.1, 0.15) is 44.1 Å². The predicted molar refractivity (Wildman–Crippen MR) is 65.8 cm³/mol. The lowest BCUT2D eigenvalue weighted by molar-refractivity contribution is 0.339. The summed E-state index contributed by atoms with van der Waals surface area (Å²) in [6, 6.07) is 8.28. The smallest absolute Gasteiger partial charge is 0.0346 e. The third-order valence-corrected chi connectivity index (χ3v) is 3.60. The molecule has 1 aromatic rings. The van der Waals surface area contributed by atoms with Crippen LogP contribution in [-0.2, 0) is 6.42 Å². The van der Waals surface area contributed by atoms with Crippen LogP contribution in [0.15, 0.2) is 24.3 Å². The molecule has 1 fully saturated rings. The third-order valence-electron chi connectivity index (χ3n) is 3.60. The largest absolute Gasteiger partial charge is 0.399 e. The van der Waals surface area contributed by atoms with E-state index in [4.69, 9.17) is 5.73 Å². The highest BCUT2D eigenvalue weighted by Crippen LogP contribution is 2.28. The number of hydrogen-bond donors (Lipinski definition) is 1. The average molecular weight is 203 g/mol. The Morgan fingerprint density at radius 1 is 1.07 bits per heavy atom. The van der Waals surface area contributed by atoms with E-state index in [0.29, 0.717) is 0 Å². The molecule has 0 aromatic heterocycles. The van der Waals surface area contributed by atoms with E-state index in [2.05, 4.69) is 12.1 Å². The molecule has 1 aliphatic carbocycles. The van der Waals surface area contributed by atoms with Crippen LogP contribution in [0.5, 0.6) is 0 Å². The van der Waals surface area contributed by atoms with Gasteiger partial charge in [-0.1, -0.05) is 50.3 Å². The predicted octanol–water partition coefficient (Wildman–Crippen LogP) is 3.78. The quantitative estimate of drug-likeness (QED) is 0.743. The Morgan fingerprint density at radius 3 is 2.53 bits per heavy atom. The number of rotatable bonds is 3. The lowest BCUT2D eigenvalue weighted by atomic mass is 9.85. The highest BCUT2D eigenvalue weighted by molar-refractivity contribution is 5.46. The van der Waals surface area contributed by atoms with Crippen LogP contribution < -0.4 is 5.73 Å². The summed E-state index contributed by atoms with van der Waals surface area (Å²) < 4.78 is 0. The van der Waals surface area contributed by atoms with Gasteiger partial charge in [-0.3, -0.25) is 0 Å². The first kappa shape index (κ1) is 10.5. The van der Waals surface area contributed by atoms with Crippen molar-refractivity contribution in [3.05, 3.63) is 29.8 Å². The Balaban J connectivity index is 1.84. The minimum Gasteiger partial charge on any atom is -0.399 e. The van der Waals surface area contributed by atoms with Crippen molar-refractivity contribution in [2.45, 2.75) is 44.9 Å². The van der Waals surface area contributed by atoms with Gasteiger partial charge < -0.3 is 5.73 Å². The van der Waals surface area contributed by atoms with Crippen molar-refractivity contribution in [3.8, 4) is 0 Å². The molecule has 1 aliphatic rings. The minimum absolute atomic E-state index is 0.957. The molecule has 0 amide bonds. The molecule has 0 radical (unpaired) electrons. The maximum Gasteiger partial charge on any atom is 0.0346 e. The average Bonchev–Trinajstić information content (AvgIpc) is 2.29. The molecule has 2 N–H and O–H groups in total. The number of hydrogen-bond acceptors (Lipinski definition) is 1. The second-order valence-electron chi connectivity index (χ2n) is 4.74. The molecule has 0 spiro atoms. The summed E-state index contributed by atoms with van der Waals surface area (Å²) in [7, 11) is 0. The van der Waals surface area contributed by atoms with Gasteiger partial charge in [0, 0.05) is 5.69 Å². The summed E-state index contributed by atoms with van der Waals surface area (Å²) in [5, 5.41) is 0. The van der Waals surface area contributed by atoms with Crippen molar-refractivity contribution in [2.75, 3.05) is 5.73 Å². The molecule has 1 nitrogen and oxygen atoms in total. The Bertz CT molecular complexity index is 300. The molecule has 0 bridgehead atoms. The van der Waals surface area contributed by atoms with E-state index >= 15 is 0 Å². The minimum atomic E-state index is 0.957. The zero-order valence-electron chi connectivity index (χ0n) is 9.41. The van der Waals surface area contributed by atoms with Crippen LogP contribution in [0.25, 0.3) is 0 Å². The molecule has 0 aliphatic heterocycles. The lowest BCUT2D eigenvalue weighted by Crippen LogP contribution is -2.07. The highest BCUT2D eigenvalue weighted by atomic mass is 14.6. The maximum absolute atomic E-state index is 5.94. The van der Waals surface area contributed by atoms with Crippen LogP contribution in [0.2, 0.25) is 0 Å². The van der Waals surface area contributed by atoms with E-state index in [1.165, 1.54) is 44.1 Å². The van der Waals surface area contributed by atoms with Crippen molar-refractivity contribution < 1.29 is 0 Å². The molecule has 0 heterocycles. The number of nitrogens with two attached hydrogens (primary N) is 1. The second kappa shape index (κ2) is 5.20. The zero-order valence-corrected chi connectivity index (χ0v) is 9.41. The summed E-state index contributed by atoms with van der Waals surface area (Å²) in [4.78, 5) is 0. The van der Waals surface area contributed by atoms with E-state index in [-0.39, 0.29) is 0 Å². The molecule has 0 unspecified atom stereocenters. The summed E-state index contributed by atoms with van der Waals surface area (Å²) in [5.41, 5.74) is 8.24. The lowest BCUT2D eigenvalue weighted by Gasteiger charge is -2.21. The molecule has 2 rings (SSSR count). The van der Waals surface area contributed by atoms with Crippen molar-refractivity contribution >= 4 is 5.69 Å². The summed E-state index contributed by atoms with van der Waals surface area (Å²) in [6.45, 7) is 0. The Labute approximate surface area is 92.7 Å². The van der Waals surface area contributed by atoms with E-state index in [1.54, 1.807) is 0 Å². The number of nitrogen functional groups attached to an aromatic ring is 1. The van der Waals surface area contributed by atoms with Gasteiger partial charge in [-0.15, -0.1) is 0 Å². The molecular formula is C14H21N. The summed E-state index contributed by atoms with van der Waals surface area (Å²) in [5.74, 6) is 0.957. The number of aryl methyl sites for hydroxylation is 1. The van der Waals surface area contributed by atoms with E-state index in [9.17, 15) is 0 Å². The fraction of sp³-hybridized carbons (Fsp3) is 0.571. The Hall–Kier alpha value is -0.980. The van der Waals surface area contributed by atoms with Gasteiger partial charge in [0.25, 0.3) is 0 Å². The molecule has 1 heteroatoms. The van der Waals surface area contributed by atoms with Crippen molar-refractivity contribution in [2.24, 2.45) is 5.92 Å². The molecule has 15 heavy (non-hydrogen) atoms. The fourth-order valence-corrected chi connectivity index (χ4v) is 2.60. The topological polar surface area (TPSA) is 26.0 Å². The Kier molecular flexibility index (Phi) is 3.65. The number of para-hydroxylation sites is 1. The van der Waals surface area contributed by atoms with E-state index < -0.39 is 0 Å². The SMILES string of the molecule is Nc1ccccc1CCC1CCCCC1. The molecule has 0 saturated heterocycles. The van der Waals surface area contributed by atoms with Crippen molar-refractivity contribution in [3.63, 3.8) is 0 Å². The second-order valence-corrected chi connectivity index (χ2v) is 4.74. The van der Waals surface area contributed by atoms with Gasteiger partial charge >= 0.3 is 0 Å². The van der Waals surface area contributed by atoms with Gasteiger partial charge in [-0.25, -0.2) is 0 Å². The van der Waals surface area contributed by atoms with Gasteiger partial charge in [0.2, 0.25) is 0 Å². The monoisotopic (exact) mass is 203 g/mol. The standard InChI is InChI=1S/C14H21N/c15-14-9-5-4-8-13(14)11-10-12-6-2-1-3-7-12/h4-5,8-9,12H,1-3,6-7,10-11,15H2. The Morgan fingerprint density at radius 2 is 1.80 bits per heavy atom. The van der Waals surface area contributed by atoms with Crippen molar-refractivity contribution in [1.82, 2.24) is 0 Å². The summed E-state index contributed by atoms with van der Waals surface area (Å²) in [6.07, 6.45) is 9.69. The van der Waals surface area contributed by atoms with Gasteiger partial charge in [-0.05, 0) is 30.4 Å². The molecular weight excluding hydrogens is 182 g/mol. The first-order valence-electron chi connectivity index (χ1n) is 6.19. The fourth-order valence-electron chi connectivity index (χ4n) is 2.60. The van der Waals surface area contributed by atoms with E-state index in [0.717, 1.165) is 18.0 Å². The zero-order chi connectivity index (χ0) is 10.5. The molecule has 82 valence electrons. The molecule has 1 aromatic carbocycles. The van der Waals surface area contributed by atoms with Gasteiger partial charge in [0.05, 0.1) is 0 Å². The first-order chi connectivity index (χ1) is 7.36. The molecule has 1 saturated carbocycles. The van der Waals surface area contributed by atoms with Gasteiger partial charge in [0.1, 0.15) is 0 Å². The van der Waals surface area contributed by atoms with Crippen LogP contribution in [-0.4, -0.2) is 0 Å². The van der Waals surface area contributed by atoms with Crippen LogP contribution in [0.3, 0.4) is 0 Å². The van der Waals surface area contributed by atoms with Gasteiger partial charge in [-0.2, -0.15) is 0 Å². The van der Waals surface area contributed by atoms with Crippen LogP contribution in [0, 0.1) is 5.92 Å². The maximum atomic E-state index is 5.94. The third kappa shape index (κ3) is 2.98. The number of anilines is 1. The normalized spacial score (nSPS) is 17.9. The van der Waals surface area contributed by atoms with Crippen LogP contribution in [0.4, 0.5) is 5.69 Å². The highest BCUT2D eigenvalue weighted by Gasteiger charge is 2.13. The number of benzene rings is 1. The van der Waals surface area contributed by atoms with E-state index in [1.807, 2.05) is 12.1 Å². The first-order valence-corrected chi connectivity index (χ1v) is 6.19. The molecule has 0 atom stereocenters. The van der Waals surface area contributed by atoms with Crippen LogP contribution >= 0.6 is 0 Å².